The van der Waals surface area contributed by atoms with Crippen molar-refractivity contribution in [1.82, 2.24) is 9.47 Å². The standard InChI is InChI=1S/C23H21ClFN3O2S/c24-21-18-3-1-16(25)14-20(18)31-22(21)23(29)26-17-2-4-19-15(13-17)5-6-28(19)8-7-27-9-11-30-12-10-27/h1-6,13-14H,7-12H2,(H,26,29). The fourth-order valence-electron chi connectivity index (χ4n) is 3.92. The lowest BCUT2D eigenvalue weighted by Gasteiger charge is -2.26. The Balaban J connectivity index is 1.32. The first kappa shape index (κ1) is 20.5. The van der Waals surface area contributed by atoms with Crippen LogP contribution in [-0.2, 0) is 11.3 Å². The molecule has 1 amide bonds. The summed E-state index contributed by atoms with van der Waals surface area (Å²) in [4.78, 5) is 15.6. The molecule has 0 atom stereocenters. The highest BCUT2D eigenvalue weighted by Gasteiger charge is 2.18. The zero-order chi connectivity index (χ0) is 21.4. The third-order valence-electron chi connectivity index (χ3n) is 5.59. The van der Waals surface area contributed by atoms with Crippen LogP contribution in [0.4, 0.5) is 10.1 Å². The molecule has 4 aromatic rings. The van der Waals surface area contributed by atoms with Crippen molar-refractivity contribution < 1.29 is 13.9 Å². The van der Waals surface area contributed by atoms with Gasteiger partial charge in [0, 0.05) is 59.1 Å². The summed E-state index contributed by atoms with van der Waals surface area (Å²) in [6, 6.07) is 12.3. The summed E-state index contributed by atoms with van der Waals surface area (Å²) in [6.07, 6.45) is 2.08. The molecule has 3 heterocycles. The highest BCUT2D eigenvalue weighted by Crippen LogP contribution is 2.36. The molecule has 1 saturated heterocycles. The average molecular weight is 458 g/mol. The van der Waals surface area contributed by atoms with E-state index in [1.165, 1.54) is 23.5 Å². The number of carbonyl (C=O) groups excluding carboxylic acids is 1. The number of halogens is 2. The summed E-state index contributed by atoms with van der Waals surface area (Å²) < 4.78 is 21.8. The summed E-state index contributed by atoms with van der Waals surface area (Å²) in [7, 11) is 0. The van der Waals surface area contributed by atoms with E-state index in [1.54, 1.807) is 6.07 Å². The van der Waals surface area contributed by atoms with Crippen LogP contribution in [0.2, 0.25) is 5.02 Å². The zero-order valence-corrected chi connectivity index (χ0v) is 18.3. The first-order valence-electron chi connectivity index (χ1n) is 10.2. The third kappa shape index (κ3) is 4.19. The van der Waals surface area contributed by atoms with Crippen molar-refractivity contribution in [1.29, 1.82) is 0 Å². The molecule has 5 nitrogen and oxygen atoms in total. The second-order valence-electron chi connectivity index (χ2n) is 7.58. The van der Waals surface area contributed by atoms with Gasteiger partial charge in [0.2, 0.25) is 0 Å². The van der Waals surface area contributed by atoms with E-state index in [-0.39, 0.29) is 11.7 Å². The molecule has 2 aromatic heterocycles. The number of benzene rings is 2. The number of nitrogens with zero attached hydrogens (tertiary/aromatic N) is 2. The highest BCUT2D eigenvalue weighted by molar-refractivity contribution is 7.21. The molecule has 0 radical (unpaired) electrons. The zero-order valence-electron chi connectivity index (χ0n) is 16.7. The number of thiophene rings is 1. The molecule has 1 N–H and O–H groups in total. The van der Waals surface area contributed by atoms with Crippen LogP contribution in [0.15, 0.2) is 48.7 Å². The lowest BCUT2D eigenvalue weighted by atomic mass is 10.2. The Morgan fingerprint density at radius 2 is 1.97 bits per heavy atom. The van der Waals surface area contributed by atoms with Gasteiger partial charge in [-0.2, -0.15) is 0 Å². The molecule has 31 heavy (non-hydrogen) atoms. The number of hydrogen-bond donors (Lipinski definition) is 1. The van der Waals surface area contributed by atoms with Crippen molar-refractivity contribution in [3.63, 3.8) is 0 Å². The Hall–Kier alpha value is -2.45. The molecule has 0 saturated carbocycles. The van der Waals surface area contributed by atoms with Crippen molar-refractivity contribution in [3.8, 4) is 0 Å². The molecule has 0 unspecified atom stereocenters. The first-order valence-corrected chi connectivity index (χ1v) is 11.4. The maximum Gasteiger partial charge on any atom is 0.267 e. The van der Waals surface area contributed by atoms with E-state index >= 15 is 0 Å². The molecule has 160 valence electrons. The van der Waals surface area contributed by atoms with Gasteiger partial charge in [-0.05, 0) is 42.5 Å². The summed E-state index contributed by atoms with van der Waals surface area (Å²) in [5.74, 6) is -0.640. The molecule has 1 aliphatic rings. The van der Waals surface area contributed by atoms with E-state index in [0.29, 0.717) is 25.7 Å². The minimum Gasteiger partial charge on any atom is -0.379 e. The van der Waals surface area contributed by atoms with Crippen LogP contribution in [0.25, 0.3) is 21.0 Å². The molecule has 0 bridgehead atoms. The van der Waals surface area contributed by atoms with Crippen LogP contribution in [0.3, 0.4) is 0 Å². The van der Waals surface area contributed by atoms with Gasteiger partial charge in [-0.1, -0.05) is 11.6 Å². The van der Waals surface area contributed by atoms with Gasteiger partial charge in [-0.25, -0.2) is 4.39 Å². The van der Waals surface area contributed by atoms with Crippen LogP contribution >= 0.6 is 22.9 Å². The van der Waals surface area contributed by atoms with Crippen molar-refractivity contribution >= 4 is 55.5 Å². The lowest BCUT2D eigenvalue weighted by Crippen LogP contribution is -2.38. The number of hydrogen-bond acceptors (Lipinski definition) is 4. The van der Waals surface area contributed by atoms with Gasteiger partial charge in [0.05, 0.1) is 18.2 Å². The van der Waals surface area contributed by atoms with Crippen molar-refractivity contribution in [3.05, 3.63) is 64.4 Å². The number of ether oxygens (including phenoxy) is 1. The van der Waals surface area contributed by atoms with E-state index < -0.39 is 0 Å². The van der Waals surface area contributed by atoms with Gasteiger partial charge in [0.15, 0.2) is 0 Å². The minimum absolute atomic E-state index is 0.294. The van der Waals surface area contributed by atoms with Gasteiger partial charge in [-0.15, -0.1) is 11.3 Å². The SMILES string of the molecule is O=C(Nc1ccc2c(ccn2CCN2CCOCC2)c1)c1sc2cc(F)ccc2c1Cl. The maximum atomic E-state index is 13.5. The number of nitrogens with one attached hydrogen (secondary N) is 1. The van der Waals surface area contributed by atoms with E-state index in [0.717, 1.165) is 50.3 Å². The molecule has 5 rings (SSSR count). The number of carbonyl (C=O) groups is 1. The molecular formula is C23H21ClFN3O2S. The molecule has 0 spiro atoms. The Morgan fingerprint density at radius 3 is 2.81 bits per heavy atom. The monoisotopic (exact) mass is 457 g/mol. The fourth-order valence-corrected chi connectivity index (χ4v) is 5.36. The topological polar surface area (TPSA) is 46.5 Å². The summed E-state index contributed by atoms with van der Waals surface area (Å²) in [6.45, 7) is 5.44. The van der Waals surface area contributed by atoms with Crippen molar-refractivity contribution in [2.45, 2.75) is 6.54 Å². The average Bonchev–Trinajstić information content (AvgIpc) is 3.33. The Bertz CT molecular complexity index is 1260. The molecule has 0 aliphatic carbocycles. The van der Waals surface area contributed by atoms with Gasteiger partial charge in [0.1, 0.15) is 10.7 Å². The van der Waals surface area contributed by atoms with E-state index in [4.69, 9.17) is 16.3 Å². The number of aromatic nitrogens is 1. The minimum atomic E-state index is -0.346. The molecule has 8 heteroatoms. The Labute approximate surface area is 188 Å². The number of rotatable bonds is 5. The number of amides is 1. The van der Waals surface area contributed by atoms with Gasteiger partial charge < -0.3 is 14.6 Å². The number of anilines is 1. The second-order valence-corrected chi connectivity index (χ2v) is 9.01. The Morgan fingerprint density at radius 1 is 1.13 bits per heavy atom. The van der Waals surface area contributed by atoms with Crippen LogP contribution in [0.5, 0.6) is 0 Å². The summed E-state index contributed by atoms with van der Waals surface area (Å²) in [5, 5.41) is 5.02. The molecule has 1 fully saturated rings. The van der Waals surface area contributed by atoms with Gasteiger partial charge >= 0.3 is 0 Å². The quantitative estimate of drug-likeness (QED) is 0.446. The number of fused-ring (bicyclic) bond motifs is 2. The Kier molecular flexibility index (Phi) is 5.67. The predicted octanol–water partition coefficient (Wildman–Crippen LogP) is 5.23. The summed E-state index contributed by atoms with van der Waals surface area (Å²) >= 11 is 7.57. The van der Waals surface area contributed by atoms with Crippen LogP contribution in [-0.4, -0.2) is 48.2 Å². The van der Waals surface area contributed by atoms with Crippen LogP contribution < -0.4 is 5.32 Å². The van der Waals surface area contributed by atoms with Crippen molar-refractivity contribution in [2.24, 2.45) is 0 Å². The number of morpholine rings is 1. The first-order chi connectivity index (χ1) is 15.1. The predicted molar refractivity (Wildman–Crippen MR) is 124 cm³/mol. The normalized spacial score (nSPS) is 15.0. The smallest absolute Gasteiger partial charge is 0.267 e. The van der Waals surface area contributed by atoms with E-state index in [2.05, 4.69) is 27.0 Å². The molecule has 1 aliphatic heterocycles. The maximum absolute atomic E-state index is 13.5. The van der Waals surface area contributed by atoms with Gasteiger partial charge in [0.25, 0.3) is 5.91 Å². The second kappa shape index (κ2) is 8.59. The van der Waals surface area contributed by atoms with Crippen LogP contribution in [0, 0.1) is 5.82 Å². The lowest BCUT2D eigenvalue weighted by molar-refractivity contribution is 0.0365. The largest absolute Gasteiger partial charge is 0.379 e. The van der Waals surface area contributed by atoms with E-state index in [9.17, 15) is 9.18 Å². The summed E-state index contributed by atoms with van der Waals surface area (Å²) in [5.41, 5.74) is 1.82. The highest BCUT2D eigenvalue weighted by atomic mass is 35.5. The van der Waals surface area contributed by atoms with Crippen LogP contribution in [0.1, 0.15) is 9.67 Å². The van der Waals surface area contributed by atoms with Gasteiger partial charge in [-0.3, -0.25) is 9.69 Å². The molecule has 2 aromatic carbocycles. The van der Waals surface area contributed by atoms with Crippen molar-refractivity contribution in [2.75, 3.05) is 38.2 Å². The fraction of sp³-hybridized carbons (Fsp3) is 0.261. The third-order valence-corrected chi connectivity index (χ3v) is 7.24. The van der Waals surface area contributed by atoms with E-state index in [1.807, 2.05) is 18.2 Å². The molecular weight excluding hydrogens is 437 g/mol.